The van der Waals surface area contributed by atoms with Crippen LogP contribution in [-0.4, -0.2) is 12.2 Å². The third kappa shape index (κ3) is 8.73. The standard InChI is InChI=1S/C23H32F2O.C23H30F2O.C2H6/c2*1-3-4-15-6-8-16(9-7-15)17-10-12-18-19-11-5-14(2)26-23(19)22(25)21(24)20(18)13-17;1-2/h14-17H,3-13H2,1-2H3;5,11,14-17H,3-4,6-10,12-13H2,1-2H3;1-2H3. The topological polar surface area (TPSA) is 18.5 Å². The van der Waals surface area contributed by atoms with Crippen molar-refractivity contribution in [2.75, 3.05) is 0 Å². The van der Waals surface area contributed by atoms with E-state index in [4.69, 9.17) is 9.47 Å². The lowest BCUT2D eigenvalue weighted by Gasteiger charge is -2.38. The molecule has 4 atom stereocenters. The van der Waals surface area contributed by atoms with Gasteiger partial charge in [-0.1, -0.05) is 85.1 Å². The molecule has 0 saturated heterocycles. The number of fused-ring (bicyclic) bond motifs is 6. The van der Waals surface area contributed by atoms with E-state index in [-0.39, 0.29) is 23.7 Å². The van der Waals surface area contributed by atoms with E-state index in [9.17, 15) is 17.6 Å². The van der Waals surface area contributed by atoms with Gasteiger partial charge in [0, 0.05) is 11.1 Å². The summed E-state index contributed by atoms with van der Waals surface area (Å²) < 4.78 is 70.2. The predicted octanol–water partition coefficient (Wildman–Crippen LogP) is 13.9. The van der Waals surface area contributed by atoms with Crippen LogP contribution in [0.25, 0.3) is 6.08 Å². The van der Waals surface area contributed by atoms with Crippen LogP contribution in [0.3, 0.4) is 0 Å². The highest BCUT2D eigenvalue weighted by Gasteiger charge is 2.37. The number of rotatable bonds is 6. The van der Waals surface area contributed by atoms with Gasteiger partial charge < -0.3 is 9.47 Å². The molecular formula is C48H68F4O2. The van der Waals surface area contributed by atoms with Gasteiger partial charge in [-0.25, -0.2) is 8.78 Å². The van der Waals surface area contributed by atoms with Crippen LogP contribution in [0.15, 0.2) is 6.08 Å². The Bertz CT molecular complexity index is 1600. The van der Waals surface area contributed by atoms with Crippen LogP contribution in [0.1, 0.15) is 171 Å². The van der Waals surface area contributed by atoms with E-state index in [1.807, 2.05) is 39.8 Å². The average molecular weight is 753 g/mol. The number of hydrogen-bond acceptors (Lipinski definition) is 2. The molecule has 2 nitrogen and oxygen atoms in total. The van der Waals surface area contributed by atoms with Crippen LogP contribution in [0.5, 0.6) is 11.5 Å². The van der Waals surface area contributed by atoms with E-state index in [0.717, 1.165) is 79.0 Å². The molecule has 0 radical (unpaired) electrons. The van der Waals surface area contributed by atoms with Crippen LogP contribution >= 0.6 is 0 Å². The molecule has 0 N–H and O–H groups in total. The molecular weight excluding hydrogens is 685 g/mol. The Hall–Kier alpha value is -2.50. The monoisotopic (exact) mass is 753 g/mol. The van der Waals surface area contributed by atoms with E-state index < -0.39 is 23.3 Å². The molecule has 2 heterocycles. The highest BCUT2D eigenvalue weighted by atomic mass is 19.2. The smallest absolute Gasteiger partial charge is 0.201 e. The second kappa shape index (κ2) is 18.6. The molecule has 2 aliphatic heterocycles. The number of halogens is 4. The van der Waals surface area contributed by atoms with Crippen molar-refractivity contribution in [3.63, 3.8) is 0 Å². The first kappa shape index (κ1) is 41.1. The summed E-state index contributed by atoms with van der Waals surface area (Å²) >= 11 is 0. The fourth-order valence-corrected chi connectivity index (χ4v) is 11.3. The molecule has 4 aliphatic carbocycles. The summed E-state index contributed by atoms with van der Waals surface area (Å²) in [4.78, 5) is 0. The lowest BCUT2D eigenvalue weighted by Crippen LogP contribution is -2.29. The lowest BCUT2D eigenvalue weighted by molar-refractivity contribution is 0.171. The van der Waals surface area contributed by atoms with Gasteiger partial charge in [0.1, 0.15) is 6.10 Å². The molecule has 0 amide bonds. The van der Waals surface area contributed by atoms with E-state index >= 15 is 0 Å². The molecule has 300 valence electrons. The fraction of sp³-hybridized carbons (Fsp3) is 0.708. The van der Waals surface area contributed by atoms with Gasteiger partial charge in [-0.15, -0.1) is 0 Å². The second-order valence-corrected chi connectivity index (χ2v) is 17.5. The Kier molecular flexibility index (Phi) is 14.2. The van der Waals surface area contributed by atoms with Crippen LogP contribution in [0, 0.1) is 58.8 Å². The number of ether oxygens (including phenoxy) is 2. The first-order chi connectivity index (χ1) is 26.2. The summed E-state index contributed by atoms with van der Waals surface area (Å²) in [6.45, 7) is 12.3. The van der Waals surface area contributed by atoms with Gasteiger partial charge >= 0.3 is 0 Å². The van der Waals surface area contributed by atoms with Gasteiger partial charge in [0.2, 0.25) is 11.6 Å². The maximum atomic E-state index is 14.8. The highest BCUT2D eigenvalue weighted by molar-refractivity contribution is 5.66. The summed E-state index contributed by atoms with van der Waals surface area (Å²) in [6, 6.07) is 0. The van der Waals surface area contributed by atoms with Crippen molar-refractivity contribution in [3.8, 4) is 11.5 Å². The summed E-state index contributed by atoms with van der Waals surface area (Å²) in [5.41, 5.74) is 5.09. The second-order valence-electron chi connectivity index (χ2n) is 17.5. The van der Waals surface area contributed by atoms with Gasteiger partial charge in [-0.3, -0.25) is 0 Å². The first-order valence-corrected chi connectivity index (χ1v) is 22.2. The third-order valence-electron chi connectivity index (χ3n) is 14.2. The number of hydrogen-bond donors (Lipinski definition) is 0. The summed E-state index contributed by atoms with van der Waals surface area (Å²) in [6.07, 6.45) is 26.4. The maximum Gasteiger partial charge on any atom is 0.201 e. The summed E-state index contributed by atoms with van der Waals surface area (Å²) in [5.74, 6) is 1.71. The molecule has 0 aromatic heterocycles. The zero-order chi connectivity index (χ0) is 38.5. The molecule has 54 heavy (non-hydrogen) atoms. The molecule has 0 bridgehead atoms. The largest absolute Gasteiger partial charge is 0.487 e. The Morgan fingerprint density at radius 1 is 0.519 bits per heavy atom. The molecule has 6 heteroatoms. The van der Waals surface area contributed by atoms with Crippen LogP contribution in [0.4, 0.5) is 17.6 Å². The van der Waals surface area contributed by atoms with Crippen molar-refractivity contribution in [1.82, 2.24) is 0 Å². The minimum absolute atomic E-state index is 0.0240. The van der Waals surface area contributed by atoms with Crippen molar-refractivity contribution in [1.29, 1.82) is 0 Å². The third-order valence-corrected chi connectivity index (χ3v) is 14.2. The van der Waals surface area contributed by atoms with Gasteiger partial charge in [0.25, 0.3) is 0 Å². The molecule has 2 saturated carbocycles. The van der Waals surface area contributed by atoms with Crippen LogP contribution in [-0.2, 0) is 32.1 Å². The van der Waals surface area contributed by atoms with Crippen molar-refractivity contribution >= 4 is 6.08 Å². The maximum absolute atomic E-state index is 14.8. The van der Waals surface area contributed by atoms with Crippen molar-refractivity contribution in [2.24, 2.45) is 35.5 Å². The molecule has 0 spiro atoms. The predicted molar refractivity (Wildman–Crippen MR) is 213 cm³/mol. The van der Waals surface area contributed by atoms with Gasteiger partial charge in [0.15, 0.2) is 23.1 Å². The van der Waals surface area contributed by atoms with E-state index in [2.05, 4.69) is 13.8 Å². The Morgan fingerprint density at radius 2 is 1.00 bits per heavy atom. The van der Waals surface area contributed by atoms with Crippen LogP contribution < -0.4 is 9.47 Å². The first-order valence-electron chi connectivity index (χ1n) is 22.2. The van der Waals surface area contributed by atoms with E-state index in [1.165, 1.54) is 77.0 Å². The Morgan fingerprint density at radius 3 is 1.54 bits per heavy atom. The Balaban J connectivity index is 0.000000176. The minimum Gasteiger partial charge on any atom is -0.487 e. The molecule has 6 aliphatic rings. The van der Waals surface area contributed by atoms with E-state index in [1.54, 1.807) is 0 Å². The molecule has 2 aromatic carbocycles. The summed E-state index contributed by atoms with van der Waals surface area (Å²) in [5, 5.41) is 0. The lowest BCUT2D eigenvalue weighted by atomic mass is 9.68. The van der Waals surface area contributed by atoms with E-state index in [0.29, 0.717) is 41.2 Å². The highest BCUT2D eigenvalue weighted by Crippen LogP contribution is 2.47. The van der Waals surface area contributed by atoms with Gasteiger partial charge in [-0.2, -0.15) is 8.78 Å². The molecule has 4 unspecified atom stereocenters. The molecule has 2 fully saturated rings. The van der Waals surface area contributed by atoms with Crippen molar-refractivity contribution in [2.45, 2.75) is 182 Å². The van der Waals surface area contributed by atoms with Crippen molar-refractivity contribution < 1.29 is 27.0 Å². The number of benzene rings is 2. The molecule has 8 rings (SSSR count). The minimum atomic E-state index is -0.790. The Labute approximate surface area is 324 Å². The quantitative estimate of drug-likeness (QED) is 0.274. The SMILES string of the molecule is CC.CCCC1CCC(C2CCc3c(c(F)c(F)c4c3CCC(C)O4)C2)CC1.CCCC1CCC(C2CCc3c4c(c(F)c(F)c3C2)OC(C)C=C4)CC1. The molecule has 2 aromatic rings. The zero-order valence-corrected chi connectivity index (χ0v) is 34.2. The average Bonchev–Trinajstić information content (AvgIpc) is 3.20. The van der Waals surface area contributed by atoms with Gasteiger partial charge in [0.05, 0.1) is 6.10 Å². The van der Waals surface area contributed by atoms with Crippen LogP contribution in [0.2, 0.25) is 0 Å². The summed E-state index contributed by atoms with van der Waals surface area (Å²) in [7, 11) is 0. The van der Waals surface area contributed by atoms with Gasteiger partial charge in [-0.05, 0) is 155 Å². The van der Waals surface area contributed by atoms with Crippen molar-refractivity contribution in [3.05, 3.63) is 62.7 Å². The normalized spacial score (nSPS) is 29.7. The zero-order valence-electron chi connectivity index (χ0n) is 34.2. The fourth-order valence-electron chi connectivity index (χ4n) is 11.3.